The van der Waals surface area contributed by atoms with Crippen molar-refractivity contribution in [3.63, 3.8) is 0 Å². The lowest BCUT2D eigenvalue weighted by Crippen LogP contribution is -1.96. The molecule has 0 amide bonds. The van der Waals surface area contributed by atoms with Crippen molar-refractivity contribution in [2.75, 3.05) is 7.11 Å². The number of nitrogens with zero attached hydrogens (tertiary/aromatic N) is 2. The summed E-state index contributed by atoms with van der Waals surface area (Å²) in [5.74, 6) is -0.967. The Kier molecular flexibility index (Phi) is 3.48. The van der Waals surface area contributed by atoms with Gasteiger partial charge in [-0.1, -0.05) is 5.16 Å². The van der Waals surface area contributed by atoms with Crippen molar-refractivity contribution >= 4 is 15.9 Å². The zero-order valence-corrected chi connectivity index (χ0v) is 10.9. The number of halogens is 2. The second kappa shape index (κ2) is 4.91. The Bertz CT molecular complexity index is 588. The Morgan fingerprint density at radius 2 is 2.33 bits per heavy atom. The van der Waals surface area contributed by atoms with Crippen LogP contribution in [0.15, 0.2) is 15.1 Å². The standard InChI is InChI=1S/C10H9BrFN3O3/c1-17-9-4(11)2-5(12)7(8(9)16)10-14-6(3-13)18-15-10/h2,16H,3,13H2,1H3. The van der Waals surface area contributed by atoms with E-state index < -0.39 is 11.6 Å². The van der Waals surface area contributed by atoms with E-state index in [1.807, 2.05) is 0 Å². The van der Waals surface area contributed by atoms with Gasteiger partial charge in [0, 0.05) is 0 Å². The summed E-state index contributed by atoms with van der Waals surface area (Å²) in [6.07, 6.45) is 0. The Morgan fingerprint density at radius 3 is 2.89 bits per heavy atom. The molecule has 0 saturated heterocycles. The number of aromatic hydroxyl groups is 1. The predicted octanol–water partition coefficient (Wildman–Crippen LogP) is 1.81. The molecule has 2 aromatic rings. The van der Waals surface area contributed by atoms with Gasteiger partial charge in [-0.15, -0.1) is 0 Å². The Morgan fingerprint density at radius 1 is 1.61 bits per heavy atom. The van der Waals surface area contributed by atoms with Gasteiger partial charge in [0.15, 0.2) is 11.5 Å². The number of benzene rings is 1. The Balaban J connectivity index is 2.63. The molecule has 0 spiro atoms. The molecule has 1 aromatic carbocycles. The molecule has 0 radical (unpaired) electrons. The van der Waals surface area contributed by atoms with E-state index in [0.717, 1.165) is 6.07 Å². The van der Waals surface area contributed by atoms with Gasteiger partial charge in [0.2, 0.25) is 11.7 Å². The average Bonchev–Trinajstić information content (AvgIpc) is 2.77. The fraction of sp³-hybridized carbons (Fsp3) is 0.200. The first-order valence-corrected chi connectivity index (χ1v) is 5.65. The molecule has 2 rings (SSSR count). The first-order valence-electron chi connectivity index (χ1n) is 4.86. The molecule has 0 aliphatic rings. The number of nitrogens with two attached hydrogens (primary N) is 1. The van der Waals surface area contributed by atoms with Gasteiger partial charge >= 0.3 is 0 Å². The lowest BCUT2D eigenvalue weighted by Gasteiger charge is -2.09. The molecule has 0 aliphatic heterocycles. The molecular formula is C10H9BrFN3O3. The van der Waals surface area contributed by atoms with E-state index in [0.29, 0.717) is 0 Å². The zero-order valence-electron chi connectivity index (χ0n) is 9.28. The van der Waals surface area contributed by atoms with Gasteiger partial charge in [-0.2, -0.15) is 4.98 Å². The molecule has 1 aromatic heterocycles. The maximum Gasteiger partial charge on any atom is 0.240 e. The Hall–Kier alpha value is -1.67. The van der Waals surface area contributed by atoms with E-state index in [1.54, 1.807) is 0 Å². The summed E-state index contributed by atoms with van der Waals surface area (Å²) in [5, 5.41) is 13.5. The number of phenols is 1. The minimum Gasteiger partial charge on any atom is -0.504 e. The maximum atomic E-state index is 13.8. The van der Waals surface area contributed by atoms with E-state index in [1.165, 1.54) is 7.11 Å². The number of rotatable bonds is 3. The summed E-state index contributed by atoms with van der Waals surface area (Å²) in [5.41, 5.74) is 5.12. The lowest BCUT2D eigenvalue weighted by molar-refractivity contribution is 0.367. The van der Waals surface area contributed by atoms with E-state index in [9.17, 15) is 9.50 Å². The van der Waals surface area contributed by atoms with Crippen LogP contribution in [0.3, 0.4) is 0 Å². The van der Waals surface area contributed by atoms with Gasteiger partial charge in [-0.25, -0.2) is 4.39 Å². The molecule has 0 aliphatic carbocycles. The van der Waals surface area contributed by atoms with Crippen LogP contribution in [0.1, 0.15) is 5.89 Å². The van der Waals surface area contributed by atoms with Gasteiger partial charge in [0.25, 0.3) is 0 Å². The van der Waals surface area contributed by atoms with Gasteiger partial charge in [-0.3, -0.25) is 0 Å². The predicted molar refractivity (Wildman–Crippen MR) is 63.5 cm³/mol. The summed E-state index contributed by atoms with van der Waals surface area (Å²) in [4.78, 5) is 3.85. The molecule has 0 fully saturated rings. The summed E-state index contributed by atoms with van der Waals surface area (Å²) >= 11 is 3.07. The zero-order chi connectivity index (χ0) is 13.3. The van der Waals surface area contributed by atoms with Crippen molar-refractivity contribution < 1.29 is 18.8 Å². The van der Waals surface area contributed by atoms with E-state index in [2.05, 4.69) is 26.1 Å². The largest absolute Gasteiger partial charge is 0.504 e. The molecule has 3 N–H and O–H groups in total. The van der Waals surface area contributed by atoms with Crippen molar-refractivity contribution in [2.24, 2.45) is 5.73 Å². The van der Waals surface area contributed by atoms with Crippen LogP contribution >= 0.6 is 15.9 Å². The van der Waals surface area contributed by atoms with Gasteiger partial charge < -0.3 is 20.1 Å². The monoisotopic (exact) mass is 317 g/mol. The molecule has 96 valence electrons. The first kappa shape index (κ1) is 12.8. The highest BCUT2D eigenvalue weighted by atomic mass is 79.9. The summed E-state index contributed by atoms with van der Waals surface area (Å²) in [6, 6.07) is 1.15. The molecule has 18 heavy (non-hydrogen) atoms. The third kappa shape index (κ3) is 2.04. The maximum absolute atomic E-state index is 13.8. The molecule has 0 unspecified atom stereocenters. The van der Waals surface area contributed by atoms with Crippen molar-refractivity contribution in [3.05, 3.63) is 22.2 Å². The van der Waals surface area contributed by atoms with Crippen LogP contribution in [0.4, 0.5) is 4.39 Å². The molecule has 0 bridgehead atoms. The van der Waals surface area contributed by atoms with Crippen LogP contribution in [0.5, 0.6) is 11.5 Å². The van der Waals surface area contributed by atoms with Crippen molar-refractivity contribution in [1.82, 2.24) is 10.1 Å². The van der Waals surface area contributed by atoms with Crippen LogP contribution in [-0.4, -0.2) is 22.4 Å². The van der Waals surface area contributed by atoms with Gasteiger partial charge in [0.05, 0.1) is 18.1 Å². The number of methoxy groups -OCH3 is 1. The highest BCUT2D eigenvalue weighted by molar-refractivity contribution is 9.10. The number of aromatic nitrogens is 2. The minimum absolute atomic E-state index is 0.0308. The average molecular weight is 318 g/mol. The topological polar surface area (TPSA) is 94.4 Å². The van der Waals surface area contributed by atoms with Crippen molar-refractivity contribution in [3.8, 4) is 22.9 Å². The first-order chi connectivity index (χ1) is 8.58. The van der Waals surface area contributed by atoms with Crippen LogP contribution in [0, 0.1) is 5.82 Å². The van der Waals surface area contributed by atoms with Crippen LogP contribution in [-0.2, 0) is 6.54 Å². The van der Waals surface area contributed by atoms with Crippen LogP contribution in [0.25, 0.3) is 11.4 Å². The van der Waals surface area contributed by atoms with E-state index >= 15 is 0 Å². The molecule has 8 heteroatoms. The third-order valence-corrected chi connectivity index (χ3v) is 2.82. The number of ether oxygens (including phenoxy) is 1. The summed E-state index contributed by atoms with van der Waals surface area (Å²) < 4.78 is 23.8. The third-order valence-electron chi connectivity index (χ3n) is 2.23. The normalized spacial score (nSPS) is 10.7. The quantitative estimate of drug-likeness (QED) is 0.896. The van der Waals surface area contributed by atoms with Gasteiger partial charge in [-0.05, 0) is 22.0 Å². The number of hydrogen-bond acceptors (Lipinski definition) is 6. The molecule has 1 heterocycles. The molecule has 0 atom stereocenters. The van der Waals surface area contributed by atoms with Crippen LogP contribution in [0.2, 0.25) is 0 Å². The molecular weight excluding hydrogens is 309 g/mol. The Labute approximate surface area is 110 Å². The van der Waals surface area contributed by atoms with E-state index in [-0.39, 0.29) is 34.0 Å². The summed E-state index contributed by atoms with van der Waals surface area (Å²) in [7, 11) is 1.35. The fourth-order valence-electron chi connectivity index (χ4n) is 1.43. The number of hydrogen-bond donors (Lipinski definition) is 2. The highest BCUT2D eigenvalue weighted by Gasteiger charge is 2.22. The van der Waals surface area contributed by atoms with Gasteiger partial charge in [0.1, 0.15) is 11.4 Å². The lowest BCUT2D eigenvalue weighted by atomic mass is 10.1. The highest BCUT2D eigenvalue weighted by Crippen LogP contribution is 2.42. The molecule has 0 saturated carbocycles. The summed E-state index contributed by atoms with van der Waals surface area (Å²) in [6.45, 7) is 0.0308. The molecule has 6 nitrogen and oxygen atoms in total. The SMILES string of the molecule is COc1c(Br)cc(F)c(-c2noc(CN)n2)c1O. The number of phenolic OH excluding ortho intramolecular Hbond substituents is 1. The van der Waals surface area contributed by atoms with Crippen LogP contribution < -0.4 is 10.5 Å². The smallest absolute Gasteiger partial charge is 0.240 e. The van der Waals surface area contributed by atoms with Crippen molar-refractivity contribution in [1.29, 1.82) is 0 Å². The fourth-order valence-corrected chi connectivity index (χ4v) is 1.99. The van der Waals surface area contributed by atoms with Crippen molar-refractivity contribution in [2.45, 2.75) is 6.54 Å². The van der Waals surface area contributed by atoms with E-state index in [4.69, 9.17) is 15.0 Å². The minimum atomic E-state index is -0.704. The second-order valence-electron chi connectivity index (χ2n) is 3.31. The second-order valence-corrected chi connectivity index (χ2v) is 4.17.